The first kappa shape index (κ1) is 32.0. The topological polar surface area (TPSA) is 136 Å². The summed E-state index contributed by atoms with van der Waals surface area (Å²) in [4.78, 5) is 45.9. The number of fused-ring (bicyclic) bond motifs is 1. The quantitative estimate of drug-likeness (QED) is 0.317. The molecule has 3 aliphatic heterocycles. The van der Waals surface area contributed by atoms with Crippen molar-refractivity contribution >= 4 is 35.2 Å². The Morgan fingerprint density at radius 1 is 1.15 bits per heavy atom. The van der Waals surface area contributed by atoms with Crippen LogP contribution in [0.1, 0.15) is 47.3 Å². The lowest BCUT2D eigenvalue weighted by Crippen LogP contribution is -2.47. The fourth-order valence-corrected chi connectivity index (χ4v) is 6.22. The van der Waals surface area contributed by atoms with Crippen LogP contribution in [-0.4, -0.2) is 107 Å². The van der Waals surface area contributed by atoms with Crippen molar-refractivity contribution in [2.45, 2.75) is 44.4 Å². The van der Waals surface area contributed by atoms with Crippen molar-refractivity contribution in [2.24, 2.45) is 0 Å². The van der Waals surface area contributed by atoms with Gasteiger partial charge >= 0.3 is 0 Å². The third-order valence-corrected chi connectivity index (χ3v) is 9.21. The van der Waals surface area contributed by atoms with E-state index < -0.39 is 30.4 Å². The van der Waals surface area contributed by atoms with Crippen LogP contribution in [0.25, 0.3) is 11.3 Å². The average molecular weight is 653 g/mol. The summed E-state index contributed by atoms with van der Waals surface area (Å²) < 4.78 is 20.4. The van der Waals surface area contributed by atoms with Crippen LogP contribution in [0, 0.1) is 5.82 Å². The largest absolute Gasteiger partial charge is 0.394 e. The number of hydrogen-bond acceptors (Lipinski definition) is 10. The number of nitrogens with one attached hydrogen (secondary N) is 2. The predicted molar refractivity (Wildman–Crippen MR) is 171 cm³/mol. The fourth-order valence-electron chi connectivity index (χ4n) is 6.02. The Balaban J connectivity index is 1.15. The molecule has 3 N–H and O–H groups in total. The van der Waals surface area contributed by atoms with Crippen molar-refractivity contribution in [3.8, 4) is 11.3 Å². The molecular formula is C32H38ClFN8O4. The van der Waals surface area contributed by atoms with Gasteiger partial charge in [0.1, 0.15) is 17.7 Å². The van der Waals surface area contributed by atoms with Gasteiger partial charge in [0.25, 0.3) is 5.91 Å². The maximum absolute atomic E-state index is 14.9. The third-order valence-electron chi connectivity index (χ3n) is 8.93. The molecule has 2 amide bonds. The standard InChI is InChI=1S/C32H38ClFN8O4/c1-19(30(44)38-27(18-43)24-14-28(35-16-26(24)34)41-9-7-40(2)8-10-41)42-17-21-4-3-20(13-23(21)31(42)45)29-25(33)15-36-32(39-29)37-22-5-11-46-12-6-22/h3-4,13-16,19,22,27,43H,5-12,17-18H2,1-2H3,(H,38,44)(H,36,37,39). The van der Waals surface area contributed by atoms with E-state index in [-0.39, 0.29) is 24.1 Å². The molecular weight excluding hydrogens is 615 g/mol. The second kappa shape index (κ2) is 13.8. The van der Waals surface area contributed by atoms with Gasteiger partial charge in [-0.15, -0.1) is 0 Å². The lowest BCUT2D eigenvalue weighted by Gasteiger charge is -2.33. The van der Waals surface area contributed by atoms with Crippen LogP contribution in [-0.2, 0) is 16.1 Å². The Kier molecular flexibility index (Phi) is 9.64. The molecule has 2 fully saturated rings. The fraction of sp³-hybridized carbons (Fsp3) is 0.469. The Morgan fingerprint density at radius 2 is 1.91 bits per heavy atom. The number of nitrogens with zero attached hydrogens (tertiary/aromatic N) is 6. The monoisotopic (exact) mass is 652 g/mol. The number of amides is 2. The summed E-state index contributed by atoms with van der Waals surface area (Å²) in [6.07, 6.45) is 4.36. The summed E-state index contributed by atoms with van der Waals surface area (Å²) in [6, 6.07) is 5.28. The highest BCUT2D eigenvalue weighted by molar-refractivity contribution is 6.33. The van der Waals surface area contributed by atoms with Crippen LogP contribution in [0.4, 0.5) is 16.2 Å². The molecule has 244 valence electrons. The number of carbonyl (C=O) groups excluding carboxylic acids is 2. The normalized spacial score (nSPS) is 18.8. The van der Waals surface area contributed by atoms with E-state index in [0.29, 0.717) is 46.8 Å². The summed E-state index contributed by atoms with van der Waals surface area (Å²) in [5.41, 5.74) is 2.49. The molecule has 2 saturated heterocycles. The molecule has 3 aromatic rings. The molecule has 5 heterocycles. The minimum Gasteiger partial charge on any atom is -0.394 e. The number of carbonyl (C=O) groups is 2. The van der Waals surface area contributed by atoms with Gasteiger partial charge in [0.15, 0.2) is 0 Å². The first-order valence-electron chi connectivity index (χ1n) is 15.5. The van der Waals surface area contributed by atoms with Gasteiger partial charge in [-0.25, -0.2) is 19.3 Å². The molecule has 46 heavy (non-hydrogen) atoms. The summed E-state index contributed by atoms with van der Waals surface area (Å²) >= 11 is 6.49. The second-order valence-electron chi connectivity index (χ2n) is 12.0. The highest BCUT2D eigenvalue weighted by Gasteiger charge is 2.35. The zero-order chi connectivity index (χ0) is 32.4. The maximum atomic E-state index is 14.9. The Morgan fingerprint density at radius 3 is 2.65 bits per heavy atom. The molecule has 0 saturated carbocycles. The lowest BCUT2D eigenvalue weighted by molar-refractivity contribution is -0.126. The minimum absolute atomic E-state index is 0.139. The van der Waals surface area contributed by atoms with Gasteiger partial charge in [-0.05, 0) is 44.5 Å². The van der Waals surface area contributed by atoms with Crippen molar-refractivity contribution in [3.05, 3.63) is 64.2 Å². The van der Waals surface area contributed by atoms with Gasteiger partial charge in [0.05, 0.1) is 35.8 Å². The number of halogens is 2. The van der Waals surface area contributed by atoms with Gasteiger partial charge in [-0.1, -0.05) is 23.7 Å². The van der Waals surface area contributed by atoms with Gasteiger partial charge < -0.3 is 35.2 Å². The maximum Gasteiger partial charge on any atom is 0.255 e. The van der Waals surface area contributed by atoms with Crippen LogP contribution in [0.2, 0.25) is 5.02 Å². The molecule has 1 aromatic carbocycles. The Hall–Kier alpha value is -3.91. The Bertz CT molecular complexity index is 1600. The SMILES string of the molecule is CC(C(=O)NC(CO)c1cc(N2CCN(C)CC2)ncc1F)N1Cc2ccc(-c3nc(NC4CCOCC4)ncc3Cl)cc2C1=O. The number of hydrogen-bond donors (Lipinski definition) is 3. The number of piperazine rings is 1. The van der Waals surface area contributed by atoms with Crippen LogP contribution in [0.3, 0.4) is 0 Å². The number of likely N-dealkylation sites (N-methyl/N-ethyl adjacent to an activating group) is 1. The van der Waals surface area contributed by atoms with Gasteiger partial charge in [-0.3, -0.25) is 9.59 Å². The van der Waals surface area contributed by atoms with E-state index in [1.807, 2.05) is 24.1 Å². The number of aromatic nitrogens is 3. The zero-order valence-corrected chi connectivity index (χ0v) is 26.6. The minimum atomic E-state index is -1.01. The van der Waals surface area contributed by atoms with E-state index in [2.05, 4.69) is 30.5 Å². The van der Waals surface area contributed by atoms with E-state index in [1.165, 1.54) is 11.1 Å². The molecule has 14 heteroatoms. The van der Waals surface area contributed by atoms with E-state index >= 15 is 0 Å². The third kappa shape index (κ3) is 6.77. The number of rotatable bonds is 9. The van der Waals surface area contributed by atoms with Gasteiger partial charge in [-0.2, -0.15) is 0 Å². The van der Waals surface area contributed by atoms with E-state index in [9.17, 15) is 19.1 Å². The molecule has 2 unspecified atom stereocenters. The predicted octanol–water partition coefficient (Wildman–Crippen LogP) is 2.87. The highest BCUT2D eigenvalue weighted by Crippen LogP contribution is 2.33. The molecule has 0 spiro atoms. The molecule has 0 radical (unpaired) electrons. The lowest BCUT2D eigenvalue weighted by atomic mass is 10.0. The zero-order valence-electron chi connectivity index (χ0n) is 25.9. The molecule has 2 aromatic heterocycles. The van der Waals surface area contributed by atoms with E-state index in [1.54, 1.807) is 19.1 Å². The summed E-state index contributed by atoms with van der Waals surface area (Å²) in [7, 11) is 2.04. The molecule has 0 aliphatic carbocycles. The second-order valence-corrected chi connectivity index (χ2v) is 12.4. The molecule has 3 aliphatic rings. The van der Waals surface area contributed by atoms with Crippen LogP contribution >= 0.6 is 11.6 Å². The summed E-state index contributed by atoms with van der Waals surface area (Å²) in [5.74, 6) is -0.429. The number of aliphatic hydroxyl groups excluding tert-OH is 1. The number of anilines is 2. The number of ether oxygens (including phenoxy) is 1. The van der Waals surface area contributed by atoms with Gasteiger partial charge in [0, 0.05) is 68.7 Å². The number of benzene rings is 1. The first-order chi connectivity index (χ1) is 22.2. The molecule has 0 bridgehead atoms. The first-order valence-corrected chi connectivity index (χ1v) is 15.9. The van der Waals surface area contributed by atoms with Crippen LogP contribution in [0.15, 0.2) is 36.7 Å². The summed E-state index contributed by atoms with van der Waals surface area (Å²) in [5, 5.41) is 16.6. The molecule has 2 atom stereocenters. The van der Waals surface area contributed by atoms with Crippen molar-refractivity contribution in [1.29, 1.82) is 0 Å². The highest BCUT2D eigenvalue weighted by atomic mass is 35.5. The van der Waals surface area contributed by atoms with Crippen molar-refractivity contribution in [2.75, 3.05) is 63.3 Å². The van der Waals surface area contributed by atoms with E-state index in [4.69, 9.17) is 16.3 Å². The van der Waals surface area contributed by atoms with E-state index in [0.717, 1.165) is 50.8 Å². The Labute approximate surface area is 271 Å². The van der Waals surface area contributed by atoms with Crippen LogP contribution in [0.5, 0.6) is 0 Å². The van der Waals surface area contributed by atoms with Crippen molar-refractivity contribution in [1.82, 2.24) is 30.1 Å². The average Bonchev–Trinajstić information content (AvgIpc) is 3.40. The smallest absolute Gasteiger partial charge is 0.255 e. The van der Waals surface area contributed by atoms with Crippen LogP contribution < -0.4 is 15.5 Å². The number of aliphatic hydroxyl groups is 1. The summed E-state index contributed by atoms with van der Waals surface area (Å²) in [6.45, 7) is 5.83. The molecule has 12 nitrogen and oxygen atoms in total. The van der Waals surface area contributed by atoms with Crippen molar-refractivity contribution in [3.63, 3.8) is 0 Å². The number of pyridine rings is 1. The van der Waals surface area contributed by atoms with Gasteiger partial charge in [0.2, 0.25) is 11.9 Å². The molecule has 6 rings (SSSR count). The van der Waals surface area contributed by atoms with Crippen molar-refractivity contribution < 1.29 is 23.8 Å².